The molecule has 1 amide bonds. The maximum atomic E-state index is 11.5. The smallest absolute Gasteiger partial charge is 0.357 e. The van der Waals surface area contributed by atoms with Gasteiger partial charge < -0.3 is 15.4 Å². The largest absolute Gasteiger partial charge is 0.464 e. The SMILES string of the molecule is COC(=O)c1nc(NCCC(=O)NC2CC2)sc1C. The van der Waals surface area contributed by atoms with Crippen LogP contribution < -0.4 is 10.6 Å². The van der Waals surface area contributed by atoms with Crippen LogP contribution in [0, 0.1) is 6.92 Å². The molecule has 1 saturated carbocycles. The van der Waals surface area contributed by atoms with Gasteiger partial charge in [0.25, 0.3) is 0 Å². The van der Waals surface area contributed by atoms with E-state index in [9.17, 15) is 9.59 Å². The maximum absolute atomic E-state index is 11.5. The fourth-order valence-electron chi connectivity index (χ4n) is 1.57. The first-order valence-electron chi connectivity index (χ1n) is 6.19. The zero-order valence-electron chi connectivity index (χ0n) is 11.0. The minimum Gasteiger partial charge on any atom is -0.464 e. The molecular weight excluding hydrogens is 266 g/mol. The van der Waals surface area contributed by atoms with E-state index < -0.39 is 5.97 Å². The number of nitrogens with zero attached hydrogens (tertiary/aromatic N) is 1. The molecule has 6 nitrogen and oxygen atoms in total. The second kappa shape index (κ2) is 6.01. The lowest BCUT2D eigenvalue weighted by Gasteiger charge is -2.03. The molecule has 1 fully saturated rings. The molecule has 2 N–H and O–H groups in total. The van der Waals surface area contributed by atoms with E-state index in [1.807, 2.05) is 6.92 Å². The number of methoxy groups -OCH3 is 1. The quantitative estimate of drug-likeness (QED) is 0.770. The molecule has 19 heavy (non-hydrogen) atoms. The van der Waals surface area contributed by atoms with Crippen LogP contribution in [-0.2, 0) is 9.53 Å². The third-order valence-electron chi connectivity index (χ3n) is 2.75. The van der Waals surface area contributed by atoms with Crippen molar-refractivity contribution in [2.24, 2.45) is 0 Å². The van der Waals surface area contributed by atoms with E-state index in [4.69, 9.17) is 0 Å². The number of amides is 1. The van der Waals surface area contributed by atoms with Crippen LogP contribution in [0.2, 0.25) is 0 Å². The summed E-state index contributed by atoms with van der Waals surface area (Å²) in [5.74, 6) is -0.384. The number of ether oxygens (including phenoxy) is 1. The van der Waals surface area contributed by atoms with Gasteiger partial charge >= 0.3 is 5.97 Å². The number of thiazole rings is 1. The highest BCUT2D eigenvalue weighted by Gasteiger charge is 2.22. The molecule has 0 atom stereocenters. The van der Waals surface area contributed by atoms with Gasteiger partial charge in [0.05, 0.1) is 7.11 Å². The normalized spacial score (nSPS) is 14.0. The van der Waals surface area contributed by atoms with E-state index in [-0.39, 0.29) is 5.91 Å². The summed E-state index contributed by atoms with van der Waals surface area (Å²) in [4.78, 5) is 27.8. The predicted molar refractivity (Wildman–Crippen MR) is 72.5 cm³/mol. The summed E-state index contributed by atoms with van der Waals surface area (Å²) in [6.45, 7) is 2.32. The lowest BCUT2D eigenvalue weighted by Crippen LogP contribution is -2.27. The molecule has 0 aromatic carbocycles. The number of nitrogens with one attached hydrogen (secondary N) is 2. The standard InChI is InChI=1S/C12H17N3O3S/c1-7-10(11(17)18-2)15-12(19-7)13-6-5-9(16)14-8-3-4-8/h8H,3-6H2,1-2H3,(H,13,15)(H,14,16). The minimum atomic E-state index is -0.437. The predicted octanol–water partition coefficient (Wildman–Crippen LogP) is 1.32. The fourth-order valence-corrected chi connectivity index (χ4v) is 2.40. The Morgan fingerprint density at radius 1 is 1.47 bits per heavy atom. The third kappa shape index (κ3) is 3.92. The van der Waals surface area contributed by atoms with Crippen molar-refractivity contribution in [3.63, 3.8) is 0 Å². The second-order valence-electron chi connectivity index (χ2n) is 4.43. The number of carbonyl (C=O) groups is 2. The van der Waals surface area contributed by atoms with E-state index in [1.165, 1.54) is 18.4 Å². The summed E-state index contributed by atoms with van der Waals surface area (Å²) in [5, 5.41) is 6.60. The maximum Gasteiger partial charge on any atom is 0.357 e. The van der Waals surface area contributed by atoms with E-state index in [2.05, 4.69) is 20.4 Å². The van der Waals surface area contributed by atoms with Crippen molar-refractivity contribution in [2.45, 2.75) is 32.2 Å². The molecule has 0 aliphatic heterocycles. The average molecular weight is 283 g/mol. The highest BCUT2D eigenvalue weighted by molar-refractivity contribution is 7.15. The molecule has 1 aromatic heterocycles. The van der Waals surface area contributed by atoms with Crippen molar-refractivity contribution in [3.05, 3.63) is 10.6 Å². The van der Waals surface area contributed by atoms with E-state index in [0.29, 0.717) is 29.8 Å². The highest BCUT2D eigenvalue weighted by Crippen LogP contribution is 2.22. The van der Waals surface area contributed by atoms with Gasteiger partial charge in [-0.15, -0.1) is 11.3 Å². The topological polar surface area (TPSA) is 80.3 Å². The number of anilines is 1. The van der Waals surface area contributed by atoms with Gasteiger partial charge in [-0.25, -0.2) is 9.78 Å². The van der Waals surface area contributed by atoms with Gasteiger partial charge in [-0.05, 0) is 19.8 Å². The molecule has 1 aromatic rings. The Balaban J connectivity index is 1.79. The number of carbonyl (C=O) groups excluding carboxylic acids is 2. The molecule has 0 saturated heterocycles. The minimum absolute atomic E-state index is 0.0523. The number of esters is 1. The Labute approximate surface area is 115 Å². The summed E-state index contributed by atoms with van der Waals surface area (Å²) >= 11 is 1.38. The molecule has 1 heterocycles. The van der Waals surface area contributed by atoms with Gasteiger partial charge in [-0.3, -0.25) is 4.79 Å². The monoisotopic (exact) mass is 283 g/mol. The highest BCUT2D eigenvalue weighted by atomic mass is 32.1. The van der Waals surface area contributed by atoms with Crippen LogP contribution in [0.15, 0.2) is 0 Å². The molecule has 0 radical (unpaired) electrons. The van der Waals surface area contributed by atoms with Gasteiger partial charge in [-0.2, -0.15) is 0 Å². The molecule has 7 heteroatoms. The van der Waals surface area contributed by atoms with E-state index in [1.54, 1.807) is 0 Å². The van der Waals surface area contributed by atoms with Crippen molar-refractivity contribution in [1.82, 2.24) is 10.3 Å². The molecule has 0 bridgehead atoms. The second-order valence-corrected chi connectivity index (χ2v) is 5.64. The summed E-state index contributed by atoms with van der Waals surface area (Å²) in [6.07, 6.45) is 2.59. The summed E-state index contributed by atoms with van der Waals surface area (Å²) in [6, 6.07) is 0.389. The van der Waals surface area contributed by atoms with Gasteiger partial charge in [-0.1, -0.05) is 0 Å². The first-order valence-corrected chi connectivity index (χ1v) is 7.00. The Hall–Kier alpha value is -1.63. The lowest BCUT2D eigenvalue weighted by molar-refractivity contribution is -0.120. The van der Waals surface area contributed by atoms with Crippen LogP contribution >= 0.6 is 11.3 Å². The summed E-state index contributed by atoms with van der Waals surface area (Å²) < 4.78 is 4.64. The van der Waals surface area contributed by atoms with Gasteiger partial charge in [0, 0.05) is 23.9 Å². The Morgan fingerprint density at radius 2 is 2.21 bits per heavy atom. The molecular formula is C12H17N3O3S. The first-order chi connectivity index (χ1) is 9.10. The van der Waals surface area contributed by atoms with Crippen molar-refractivity contribution in [2.75, 3.05) is 19.0 Å². The molecule has 0 unspecified atom stereocenters. The lowest BCUT2D eigenvalue weighted by atomic mass is 10.4. The Bertz CT molecular complexity index is 483. The molecule has 104 valence electrons. The van der Waals surface area contributed by atoms with Crippen LogP contribution in [0.1, 0.15) is 34.6 Å². The number of aryl methyl sites for hydroxylation is 1. The van der Waals surface area contributed by atoms with Crippen molar-refractivity contribution >= 4 is 28.3 Å². The van der Waals surface area contributed by atoms with E-state index >= 15 is 0 Å². The number of hydrogen-bond donors (Lipinski definition) is 2. The van der Waals surface area contributed by atoms with E-state index in [0.717, 1.165) is 17.7 Å². The van der Waals surface area contributed by atoms with Crippen molar-refractivity contribution in [1.29, 1.82) is 0 Å². The fraction of sp³-hybridized carbons (Fsp3) is 0.583. The van der Waals surface area contributed by atoms with Crippen molar-refractivity contribution in [3.8, 4) is 0 Å². The summed E-state index contributed by atoms with van der Waals surface area (Å²) in [5.41, 5.74) is 0.331. The van der Waals surface area contributed by atoms with Crippen LogP contribution in [0.3, 0.4) is 0 Å². The molecule has 0 spiro atoms. The van der Waals surface area contributed by atoms with Crippen LogP contribution in [0.5, 0.6) is 0 Å². The Kier molecular flexibility index (Phi) is 4.36. The first kappa shape index (κ1) is 13.8. The summed E-state index contributed by atoms with van der Waals surface area (Å²) in [7, 11) is 1.33. The van der Waals surface area contributed by atoms with Crippen molar-refractivity contribution < 1.29 is 14.3 Å². The van der Waals surface area contributed by atoms with Gasteiger partial charge in [0.2, 0.25) is 5.91 Å². The Morgan fingerprint density at radius 3 is 2.84 bits per heavy atom. The van der Waals surface area contributed by atoms with Crippen LogP contribution in [0.25, 0.3) is 0 Å². The number of hydrogen-bond acceptors (Lipinski definition) is 6. The molecule has 1 aliphatic rings. The van der Waals surface area contributed by atoms with Crippen LogP contribution in [-0.4, -0.2) is 36.6 Å². The van der Waals surface area contributed by atoms with Gasteiger partial charge in [0.15, 0.2) is 10.8 Å². The number of aromatic nitrogens is 1. The molecule has 2 rings (SSSR count). The number of rotatable bonds is 6. The molecule has 1 aliphatic carbocycles. The average Bonchev–Trinajstić information content (AvgIpc) is 3.10. The van der Waals surface area contributed by atoms with Gasteiger partial charge in [0.1, 0.15) is 0 Å². The zero-order valence-corrected chi connectivity index (χ0v) is 11.8. The van der Waals surface area contributed by atoms with Crippen LogP contribution in [0.4, 0.5) is 5.13 Å². The third-order valence-corrected chi connectivity index (χ3v) is 3.67. The zero-order chi connectivity index (χ0) is 13.8.